The lowest BCUT2D eigenvalue weighted by Crippen LogP contribution is -2.41. The van der Waals surface area contributed by atoms with Gasteiger partial charge in [-0.1, -0.05) is 6.07 Å². The summed E-state index contributed by atoms with van der Waals surface area (Å²) in [6.45, 7) is 4.38. The lowest BCUT2D eigenvalue weighted by atomic mass is 9.91. The molecule has 3 aromatic rings. The largest absolute Gasteiger partial charge is 0.493 e. The molecular formula is C27H31N3O4S. The molecule has 0 unspecified atom stereocenters. The zero-order valence-electron chi connectivity index (χ0n) is 20.2. The number of anilines is 2. The van der Waals surface area contributed by atoms with Gasteiger partial charge in [0.05, 0.1) is 40.0 Å². The first-order chi connectivity index (χ1) is 17.2. The van der Waals surface area contributed by atoms with E-state index in [-0.39, 0.29) is 11.9 Å². The van der Waals surface area contributed by atoms with E-state index in [2.05, 4.69) is 56.9 Å². The number of benzene rings is 2. The van der Waals surface area contributed by atoms with Crippen LogP contribution in [0.15, 0.2) is 53.9 Å². The SMILES string of the molecule is COc1cc2c(cc1OC)[C@H](c1cccs1)N(CC(=O)Nc1ccc(N3CCOCC3)cc1)CC2. The normalized spacial score (nSPS) is 18.1. The molecule has 2 aromatic carbocycles. The molecule has 2 aliphatic heterocycles. The van der Waals surface area contributed by atoms with E-state index in [0.717, 1.165) is 56.4 Å². The Morgan fingerprint density at radius 1 is 1.06 bits per heavy atom. The molecule has 0 spiro atoms. The predicted octanol–water partition coefficient (Wildman–Crippen LogP) is 4.19. The van der Waals surface area contributed by atoms with Gasteiger partial charge in [0.25, 0.3) is 0 Å². The van der Waals surface area contributed by atoms with Gasteiger partial charge in [0.15, 0.2) is 11.5 Å². The van der Waals surface area contributed by atoms with E-state index in [0.29, 0.717) is 12.3 Å². The number of hydrogen-bond acceptors (Lipinski definition) is 7. The van der Waals surface area contributed by atoms with Gasteiger partial charge in [-0.05, 0) is 65.4 Å². The molecular weight excluding hydrogens is 462 g/mol. The summed E-state index contributed by atoms with van der Waals surface area (Å²) in [5.74, 6) is 1.43. The van der Waals surface area contributed by atoms with Crippen molar-refractivity contribution in [3.63, 3.8) is 0 Å². The van der Waals surface area contributed by atoms with Crippen LogP contribution < -0.4 is 19.7 Å². The fourth-order valence-corrected chi connectivity index (χ4v) is 5.79. The maximum atomic E-state index is 13.1. The second-order valence-electron chi connectivity index (χ2n) is 8.74. The second-order valence-corrected chi connectivity index (χ2v) is 9.72. The van der Waals surface area contributed by atoms with E-state index in [4.69, 9.17) is 14.2 Å². The number of methoxy groups -OCH3 is 2. The smallest absolute Gasteiger partial charge is 0.238 e. The van der Waals surface area contributed by atoms with Crippen LogP contribution >= 0.6 is 11.3 Å². The van der Waals surface area contributed by atoms with Crippen LogP contribution in [-0.4, -0.2) is 64.4 Å². The van der Waals surface area contributed by atoms with Crippen LogP contribution in [0.5, 0.6) is 11.5 Å². The average Bonchev–Trinajstić information content (AvgIpc) is 3.43. The number of hydrogen-bond donors (Lipinski definition) is 1. The van der Waals surface area contributed by atoms with Gasteiger partial charge in [-0.3, -0.25) is 9.69 Å². The molecule has 2 aliphatic rings. The lowest BCUT2D eigenvalue weighted by Gasteiger charge is -2.37. The molecule has 7 nitrogen and oxygen atoms in total. The average molecular weight is 494 g/mol. The molecule has 5 rings (SSSR count). The van der Waals surface area contributed by atoms with Gasteiger partial charge in [-0.15, -0.1) is 11.3 Å². The van der Waals surface area contributed by atoms with Crippen LogP contribution in [-0.2, 0) is 16.0 Å². The second kappa shape index (κ2) is 10.7. The first-order valence-corrected chi connectivity index (χ1v) is 12.8. The zero-order valence-corrected chi connectivity index (χ0v) is 21.0. The topological polar surface area (TPSA) is 63.3 Å². The van der Waals surface area contributed by atoms with Gasteiger partial charge in [0.1, 0.15) is 0 Å². The summed E-state index contributed by atoms with van der Waals surface area (Å²) >= 11 is 1.71. The van der Waals surface area contributed by atoms with Crippen LogP contribution in [0, 0.1) is 0 Å². The highest BCUT2D eigenvalue weighted by atomic mass is 32.1. The fraction of sp³-hybridized carbons (Fsp3) is 0.370. The first kappa shape index (κ1) is 23.7. The number of carbonyl (C=O) groups excluding carboxylic acids is 1. The quantitative estimate of drug-likeness (QED) is 0.533. The number of nitrogens with zero attached hydrogens (tertiary/aromatic N) is 2. The third kappa shape index (κ3) is 5.15. The summed E-state index contributed by atoms with van der Waals surface area (Å²) < 4.78 is 16.5. The van der Waals surface area contributed by atoms with E-state index < -0.39 is 0 Å². The van der Waals surface area contributed by atoms with E-state index in [9.17, 15) is 4.79 Å². The van der Waals surface area contributed by atoms with E-state index in [1.165, 1.54) is 16.0 Å². The summed E-state index contributed by atoms with van der Waals surface area (Å²) in [5, 5.41) is 5.17. The molecule has 0 radical (unpaired) electrons. The summed E-state index contributed by atoms with van der Waals surface area (Å²) in [4.78, 5) is 18.9. The molecule has 3 heterocycles. The molecule has 0 bridgehead atoms. The number of thiophene rings is 1. The van der Waals surface area contributed by atoms with Crippen LogP contribution in [0.3, 0.4) is 0 Å². The summed E-state index contributed by atoms with van der Waals surface area (Å²) in [7, 11) is 3.32. The third-order valence-electron chi connectivity index (χ3n) is 6.66. The first-order valence-electron chi connectivity index (χ1n) is 11.9. The Hall–Kier alpha value is -3.07. The Morgan fingerprint density at radius 3 is 2.49 bits per heavy atom. The van der Waals surface area contributed by atoms with Crippen LogP contribution in [0.25, 0.3) is 0 Å². The van der Waals surface area contributed by atoms with Crippen molar-refractivity contribution in [2.24, 2.45) is 0 Å². The molecule has 1 aromatic heterocycles. The minimum atomic E-state index is -0.0189. The fourth-order valence-electron chi connectivity index (χ4n) is 4.91. The third-order valence-corrected chi connectivity index (χ3v) is 7.58. The number of amides is 1. The molecule has 1 amide bonds. The lowest BCUT2D eigenvalue weighted by molar-refractivity contribution is -0.117. The monoisotopic (exact) mass is 493 g/mol. The molecule has 35 heavy (non-hydrogen) atoms. The molecule has 1 atom stereocenters. The standard InChI is InChI=1S/C27H31N3O4S/c1-32-23-16-19-9-10-30(27(25-4-3-15-35-25)22(19)17-24(23)33-2)18-26(31)28-20-5-7-21(8-6-20)29-11-13-34-14-12-29/h3-8,15-17,27H,9-14,18H2,1-2H3,(H,28,31)/t27-/m1/s1. The van der Waals surface area contributed by atoms with Crippen LogP contribution in [0.2, 0.25) is 0 Å². The van der Waals surface area contributed by atoms with Crippen molar-refractivity contribution in [3.8, 4) is 11.5 Å². The number of nitrogens with one attached hydrogen (secondary N) is 1. The van der Waals surface area contributed by atoms with Crippen LogP contribution in [0.4, 0.5) is 11.4 Å². The highest BCUT2D eigenvalue weighted by molar-refractivity contribution is 7.10. The van der Waals surface area contributed by atoms with Crippen molar-refractivity contribution in [1.82, 2.24) is 4.90 Å². The minimum absolute atomic E-state index is 0.00648. The van der Waals surface area contributed by atoms with Crippen molar-refractivity contribution >= 4 is 28.6 Å². The van der Waals surface area contributed by atoms with Gasteiger partial charge >= 0.3 is 0 Å². The number of carbonyl (C=O) groups is 1. The number of morpholine rings is 1. The molecule has 1 N–H and O–H groups in total. The Morgan fingerprint density at radius 2 is 1.80 bits per heavy atom. The zero-order chi connectivity index (χ0) is 24.2. The van der Waals surface area contributed by atoms with Crippen molar-refractivity contribution in [1.29, 1.82) is 0 Å². The summed E-state index contributed by atoms with van der Waals surface area (Å²) in [6, 6.07) is 16.4. The van der Waals surface area contributed by atoms with Crippen molar-refractivity contribution in [2.75, 3.05) is 63.8 Å². The molecule has 1 saturated heterocycles. The van der Waals surface area contributed by atoms with E-state index in [1.54, 1.807) is 25.6 Å². The Balaban J connectivity index is 1.32. The number of ether oxygens (including phenoxy) is 3. The Bertz CT molecular complexity index is 1140. The van der Waals surface area contributed by atoms with E-state index >= 15 is 0 Å². The highest BCUT2D eigenvalue weighted by Crippen LogP contribution is 2.42. The maximum Gasteiger partial charge on any atom is 0.238 e. The van der Waals surface area contributed by atoms with Gasteiger partial charge < -0.3 is 24.4 Å². The molecule has 8 heteroatoms. The Labute approximate surface area is 210 Å². The summed E-state index contributed by atoms with van der Waals surface area (Å²) in [6.07, 6.45) is 0.846. The highest BCUT2D eigenvalue weighted by Gasteiger charge is 2.32. The van der Waals surface area contributed by atoms with Gasteiger partial charge in [0, 0.05) is 35.9 Å². The predicted molar refractivity (Wildman–Crippen MR) is 139 cm³/mol. The van der Waals surface area contributed by atoms with Crippen LogP contribution in [0.1, 0.15) is 22.0 Å². The van der Waals surface area contributed by atoms with Gasteiger partial charge in [-0.25, -0.2) is 0 Å². The van der Waals surface area contributed by atoms with Gasteiger partial charge in [-0.2, -0.15) is 0 Å². The number of rotatable bonds is 7. The minimum Gasteiger partial charge on any atom is -0.493 e. The Kier molecular flexibility index (Phi) is 7.22. The molecule has 0 saturated carbocycles. The molecule has 0 aliphatic carbocycles. The maximum absolute atomic E-state index is 13.1. The van der Waals surface area contributed by atoms with Crippen molar-refractivity contribution in [3.05, 3.63) is 69.9 Å². The molecule has 184 valence electrons. The number of fused-ring (bicyclic) bond motifs is 1. The van der Waals surface area contributed by atoms with Crippen molar-refractivity contribution in [2.45, 2.75) is 12.5 Å². The van der Waals surface area contributed by atoms with Gasteiger partial charge in [0.2, 0.25) is 5.91 Å². The summed E-state index contributed by atoms with van der Waals surface area (Å²) in [5.41, 5.74) is 4.36. The van der Waals surface area contributed by atoms with E-state index in [1.807, 2.05) is 12.1 Å². The molecule has 1 fully saturated rings. The van der Waals surface area contributed by atoms with Crippen molar-refractivity contribution < 1.29 is 19.0 Å².